The highest BCUT2D eigenvalue weighted by molar-refractivity contribution is 7.88. The van der Waals surface area contributed by atoms with Gasteiger partial charge in [0.05, 0.1) is 11.9 Å². The first-order valence-corrected chi connectivity index (χ1v) is 8.61. The van der Waals surface area contributed by atoms with Crippen LogP contribution in [0, 0.1) is 0 Å². The van der Waals surface area contributed by atoms with Crippen molar-refractivity contribution in [3.05, 3.63) is 35.4 Å². The lowest BCUT2D eigenvalue weighted by Gasteiger charge is -2.11. The van der Waals surface area contributed by atoms with Crippen LogP contribution in [-0.2, 0) is 27.1 Å². The summed E-state index contributed by atoms with van der Waals surface area (Å²) in [6.07, 6.45) is 3.05. The number of nitrogens with two attached hydrogens (primary N) is 1. The standard InChI is InChI=1S/C14H22N2O3S/c15-10-12-3-1-4-13(9-12)11-20(17,18)16-7-6-14-5-2-8-19-14/h1,3-4,9,14,16H,2,5-8,10-11,15H2. The van der Waals surface area contributed by atoms with Crippen molar-refractivity contribution in [3.63, 3.8) is 0 Å². The van der Waals surface area contributed by atoms with Gasteiger partial charge >= 0.3 is 0 Å². The maximum Gasteiger partial charge on any atom is 0.215 e. The Hall–Kier alpha value is -0.950. The van der Waals surface area contributed by atoms with E-state index in [-0.39, 0.29) is 11.9 Å². The third-order valence-electron chi connectivity index (χ3n) is 3.40. The van der Waals surface area contributed by atoms with Gasteiger partial charge in [-0.2, -0.15) is 0 Å². The average Bonchev–Trinajstić information content (AvgIpc) is 2.91. The molecule has 0 aliphatic carbocycles. The molecule has 20 heavy (non-hydrogen) atoms. The van der Waals surface area contributed by atoms with Crippen molar-refractivity contribution in [2.45, 2.75) is 37.7 Å². The van der Waals surface area contributed by atoms with Crippen LogP contribution >= 0.6 is 0 Å². The fourth-order valence-corrected chi connectivity index (χ4v) is 3.51. The van der Waals surface area contributed by atoms with Crippen LogP contribution in [0.15, 0.2) is 24.3 Å². The second-order valence-electron chi connectivity index (χ2n) is 5.10. The summed E-state index contributed by atoms with van der Waals surface area (Å²) in [4.78, 5) is 0. The molecule has 1 atom stereocenters. The quantitative estimate of drug-likeness (QED) is 0.791. The van der Waals surface area contributed by atoms with Crippen LogP contribution < -0.4 is 10.5 Å². The highest BCUT2D eigenvalue weighted by Crippen LogP contribution is 2.15. The summed E-state index contributed by atoms with van der Waals surface area (Å²) < 4.78 is 32.1. The minimum Gasteiger partial charge on any atom is -0.378 e. The number of sulfonamides is 1. The van der Waals surface area contributed by atoms with E-state index in [1.54, 1.807) is 6.07 Å². The van der Waals surface area contributed by atoms with Crippen LogP contribution in [-0.4, -0.2) is 27.7 Å². The zero-order valence-corrected chi connectivity index (χ0v) is 12.4. The molecule has 112 valence electrons. The summed E-state index contributed by atoms with van der Waals surface area (Å²) >= 11 is 0. The Bertz CT molecular complexity index is 525. The molecular formula is C14H22N2O3S. The van der Waals surface area contributed by atoms with Crippen molar-refractivity contribution in [2.75, 3.05) is 13.2 Å². The maximum absolute atomic E-state index is 12.0. The molecule has 0 radical (unpaired) electrons. The van der Waals surface area contributed by atoms with E-state index in [0.717, 1.165) is 37.0 Å². The molecule has 0 spiro atoms. The van der Waals surface area contributed by atoms with Gasteiger partial charge in [-0.1, -0.05) is 24.3 Å². The Labute approximate surface area is 120 Å². The molecule has 1 aromatic carbocycles. The van der Waals surface area contributed by atoms with Crippen LogP contribution in [0.1, 0.15) is 30.4 Å². The van der Waals surface area contributed by atoms with Gasteiger partial charge in [0.15, 0.2) is 0 Å². The maximum atomic E-state index is 12.0. The van der Waals surface area contributed by atoms with E-state index < -0.39 is 10.0 Å². The van der Waals surface area contributed by atoms with E-state index in [2.05, 4.69) is 4.72 Å². The molecule has 1 aliphatic heterocycles. The van der Waals surface area contributed by atoms with Gasteiger partial charge < -0.3 is 10.5 Å². The second kappa shape index (κ2) is 7.17. The van der Waals surface area contributed by atoms with Crippen molar-refractivity contribution in [1.82, 2.24) is 4.72 Å². The molecule has 1 heterocycles. The number of ether oxygens (including phenoxy) is 1. The predicted molar refractivity (Wildman–Crippen MR) is 78.6 cm³/mol. The van der Waals surface area contributed by atoms with Gasteiger partial charge in [-0.05, 0) is 30.4 Å². The minimum atomic E-state index is -3.30. The molecule has 1 fully saturated rings. The van der Waals surface area contributed by atoms with E-state index in [4.69, 9.17) is 10.5 Å². The molecule has 3 N–H and O–H groups in total. The first-order valence-electron chi connectivity index (χ1n) is 6.96. The largest absolute Gasteiger partial charge is 0.378 e. The van der Waals surface area contributed by atoms with Crippen LogP contribution in [0.2, 0.25) is 0 Å². The Kier molecular flexibility index (Phi) is 5.54. The van der Waals surface area contributed by atoms with Gasteiger partial charge in [0.1, 0.15) is 0 Å². The first kappa shape index (κ1) is 15.4. The zero-order valence-electron chi connectivity index (χ0n) is 11.5. The number of hydrogen-bond acceptors (Lipinski definition) is 4. The average molecular weight is 298 g/mol. The van der Waals surface area contributed by atoms with Crippen LogP contribution in [0.3, 0.4) is 0 Å². The molecule has 1 unspecified atom stereocenters. The third-order valence-corrected chi connectivity index (χ3v) is 4.75. The lowest BCUT2D eigenvalue weighted by atomic mass is 10.1. The molecule has 1 aliphatic rings. The molecular weight excluding hydrogens is 276 g/mol. The van der Waals surface area contributed by atoms with Gasteiger partial charge in [0, 0.05) is 19.7 Å². The number of nitrogens with one attached hydrogen (secondary N) is 1. The van der Waals surface area contributed by atoms with E-state index >= 15 is 0 Å². The normalized spacial score (nSPS) is 19.4. The van der Waals surface area contributed by atoms with Crippen molar-refractivity contribution in [3.8, 4) is 0 Å². The van der Waals surface area contributed by atoms with Gasteiger partial charge in [-0.15, -0.1) is 0 Å². The third kappa shape index (κ3) is 4.86. The summed E-state index contributed by atoms with van der Waals surface area (Å²) in [5.74, 6) is -0.00758. The lowest BCUT2D eigenvalue weighted by Crippen LogP contribution is -2.28. The van der Waals surface area contributed by atoms with Gasteiger partial charge in [-0.3, -0.25) is 0 Å². The molecule has 0 saturated carbocycles. The van der Waals surface area contributed by atoms with Crippen LogP contribution in [0.4, 0.5) is 0 Å². The molecule has 6 heteroatoms. The first-order chi connectivity index (χ1) is 9.59. The monoisotopic (exact) mass is 298 g/mol. The Balaban J connectivity index is 1.83. The molecule has 0 aromatic heterocycles. The molecule has 5 nitrogen and oxygen atoms in total. The van der Waals surface area contributed by atoms with Crippen molar-refractivity contribution < 1.29 is 13.2 Å². The van der Waals surface area contributed by atoms with E-state index in [9.17, 15) is 8.42 Å². The summed E-state index contributed by atoms with van der Waals surface area (Å²) in [7, 11) is -3.30. The molecule has 2 rings (SSSR count). The highest BCUT2D eigenvalue weighted by Gasteiger charge is 2.17. The number of hydrogen-bond donors (Lipinski definition) is 2. The number of benzene rings is 1. The fraction of sp³-hybridized carbons (Fsp3) is 0.571. The number of rotatable bonds is 7. The smallest absolute Gasteiger partial charge is 0.215 e. The Morgan fingerprint density at radius 2 is 2.15 bits per heavy atom. The molecule has 0 amide bonds. The van der Waals surface area contributed by atoms with Gasteiger partial charge in [0.25, 0.3) is 0 Å². The van der Waals surface area contributed by atoms with E-state index in [1.807, 2.05) is 18.2 Å². The highest BCUT2D eigenvalue weighted by atomic mass is 32.2. The van der Waals surface area contributed by atoms with E-state index in [0.29, 0.717) is 13.1 Å². The summed E-state index contributed by atoms with van der Waals surface area (Å²) in [6, 6.07) is 7.36. The lowest BCUT2D eigenvalue weighted by molar-refractivity contribution is 0.105. The minimum absolute atomic E-state index is 0.00758. The molecule has 0 bridgehead atoms. The molecule has 1 saturated heterocycles. The van der Waals surface area contributed by atoms with Crippen LogP contribution in [0.25, 0.3) is 0 Å². The van der Waals surface area contributed by atoms with Crippen molar-refractivity contribution >= 4 is 10.0 Å². The fourth-order valence-electron chi connectivity index (χ4n) is 2.36. The van der Waals surface area contributed by atoms with Crippen LogP contribution in [0.5, 0.6) is 0 Å². The van der Waals surface area contributed by atoms with Crippen molar-refractivity contribution in [1.29, 1.82) is 0 Å². The summed E-state index contributed by atoms with van der Waals surface area (Å²) in [5, 5.41) is 0. The second-order valence-corrected chi connectivity index (χ2v) is 6.91. The SMILES string of the molecule is NCc1cccc(CS(=O)(=O)NCCC2CCCO2)c1. The Morgan fingerprint density at radius 1 is 1.35 bits per heavy atom. The van der Waals surface area contributed by atoms with Gasteiger partial charge in [-0.25, -0.2) is 13.1 Å². The zero-order chi connectivity index (χ0) is 14.4. The van der Waals surface area contributed by atoms with E-state index in [1.165, 1.54) is 0 Å². The molecule has 1 aromatic rings. The Morgan fingerprint density at radius 3 is 2.85 bits per heavy atom. The summed E-state index contributed by atoms with van der Waals surface area (Å²) in [5.41, 5.74) is 7.26. The summed E-state index contributed by atoms with van der Waals surface area (Å²) in [6.45, 7) is 1.65. The van der Waals surface area contributed by atoms with Crippen molar-refractivity contribution in [2.24, 2.45) is 5.73 Å². The topological polar surface area (TPSA) is 81.4 Å². The van der Waals surface area contributed by atoms with Gasteiger partial charge in [0.2, 0.25) is 10.0 Å². The predicted octanol–water partition coefficient (Wildman–Crippen LogP) is 1.13.